The van der Waals surface area contributed by atoms with Gasteiger partial charge in [0.25, 0.3) is 0 Å². The summed E-state index contributed by atoms with van der Waals surface area (Å²) in [6.07, 6.45) is -0.0175. The normalized spacial score (nSPS) is 15.6. The van der Waals surface area contributed by atoms with E-state index in [1.54, 1.807) is 17.2 Å². The van der Waals surface area contributed by atoms with Crippen LogP contribution in [0.15, 0.2) is 35.7 Å². The average Bonchev–Trinajstić information content (AvgIpc) is 2.61. The highest BCUT2D eigenvalue weighted by molar-refractivity contribution is 7.98. The van der Waals surface area contributed by atoms with Crippen molar-refractivity contribution in [3.8, 4) is 0 Å². The van der Waals surface area contributed by atoms with E-state index in [1.807, 2.05) is 6.26 Å². The summed E-state index contributed by atoms with van der Waals surface area (Å²) in [4.78, 5) is 27.3. The molecule has 0 spiro atoms. The number of halogens is 3. The molecule has 3 rings (SSSR count). The fourth-order valence-electron chi connectivity index (χ4n) is 2.49. The molecule has 2 aromatic heterocycles. The number of carbonyl (C=O) groups excluding carboxylic acids is 1. The van der Waals surface area contributed by atoms with E-state index in [9.17, 15) is 18.0 Å². The van der Waals surface area contributed by atoms with Crippen molar-refractivity contribution in [3.05, 3.63) is 36.3 Å². The van der Waals surface area contributed by atoms with Crippen molar-refractivity contribution < 1.29 is 18.0 Å². The molecular formula is C15H14F3N5OS. The zero-order chi connectivity index (χ0) is 18.0. The Hall–Kier alpha value is -2.36. The summed E-state index contributed by atoms with van der Waals surface area (Å²) in [6, 6.07) is 4.00. The molecule has 0 bridgehead atoms. The molecule has 2 aromatic rings. The summed E-state index contributed by atoms with van der Waals surface area (Å²) in [5, 5.41) is 0.594. The highest BCUT2D eigenvalue weighted by Crippen LogP contribution is 2.30. The van der Waals surface area contributed by atoms with Crippen LogP contribution in [0, 0.1) is 0 Å². The number of pyridine rings is 1. The molecule has 1 aliphatic heterocycles. The molecule has 0 atom stereocenters. The number of thioether (sulfide) groups is 1. The van der Waals surface area contributed by atoms with Gasteiger partial charge in [0.15, 0.2) is 5.16 Å². The predicted molar refractivity (Wildman–Crippen MR) is 87.6 cm³/mol. The third-order valence-electron chi connectivity index (χ3n) is 3.69. The number of anilines is 2. The van der Waals surface area contributed by atoms with Gasteiger partial charge in [0.2, 0.25) is 5.91 Å². The van der Waals surface area contributed by atoms with E-state index < -0.39 is 11.9 Å². The van der Waals surface area contributed by atoms with Gasteiger partial charge in [-0.3, -0.25) is 9.78 Å². The van der Waals surface area contributed by atoms with Crippen LogP contribution in [-0.2, 0) is 11.0 Å². The Morgan fingerprint density at radius 1 is 1.16 bits per heavy atom. The average molecular weight is 369 g/mol. The van der Waals surface area contributed by atoms with Gasteiger partial charge in [-0.25, -0.2) is 9.97 Å². The number of hydrogen-bond acceptors (Lipinski definition) is 6. The molecule has 0 aromatic carbocycles. The first-order valence-electron chi connectivity index (χ1n) is 7.34. The van der Waals surface area contributed by atoms with Gasteiger partial charge in [0.1, 0.15) is 11.5 Å². The number of amides is 1. The molecule has 0 saturated carbocycles. The molecule has 0 aliphatic carbocycles. The van der Waals surface area contributed by atoms with E-state index in [0.29, 0.717) is 17.5 Å². The molecule has 25 heavy (non-hydrogen) atoms. The van der Waals surface area contributed by atoms with Gasteiger partial charge in [-0.15, -0.1) is 0 Å². The van der Waals surface area contributed by atoms with Crippen LogP contribution >= 0.6 is 11.8 Å². The maximum absolute atomic E-state index is 12.8. The largest absolute Gasteiger partial charge is 0.433 e. The van der Waals surface area contributed by atoms with E-state index in [0.717, 1.165) is 12.3 Å². The number of hydrogen-bond donors (Lipinski definition) is 0. The summed E-state index contributed by atoms with van der Waals surface area (Å²) >= 11 is 1.39. The number of nitrogens with zero attached hydrogens (tertiary/aromatic N) is 5. The summed E-state index contributed by atoms with van der Waals surface area (Å²) in [6.45, 7) is 0.757. The van der Waals surface area contributed by atoms with E-state index >= 15 is 0 Å². The van der Waals surface area contributed by atoms with Crippen molar-refractivity contribution in [2.75, 3.05) is 35.7 Å². The van der Waals surface area contributed by atoms with Crippen LogP contribution in [0.25, 0.3) is 0 Å². The van der Waals surface area contributed by atoms with Gasteiger partial charge in [0.05, 0.1) is 6.54 Å². The topological polar surface area (TPSA) is 62.2 Å². The second kappa shape index (κ2) is 6.87. The summed E-state index contributed by atoms with van der Waals surface area (Å²) in [7, 11) is 0. The van der Waals surface area contributed by atoms with Crippen LogP contribution in [-0.4, -0.2) is 46.7 Å². The fourth-order valence-corrected chi connectivity index (χ4v) is 2.84. The second-order valence-electron chi connectivity index (χ2n) is 5.27. The second-order valence-corrected chi connectivity index (χ2v) is 6.04. The van der Waals surface area contributed by atoms with Crippen LogP contribution in [0.3, 0.4) is 0 Å². The van der Waals surface area contributed by atoms with E-state index in [2.05, 4.69) is 15.0 Å². The maximum Gasteiger partial charge on any atom is 0.433 e. The molecule has 6 nitrogen and oxygen atoms in total. The van der Waals surface area contributed by atoms with Gasteiger partial charge in [-0.2, -0.15) is 13.2 Å². The minimum Gasteiger partial charge on any atom is -0.345 e. The summed E-state index contributed by atoms with van der Waals surface area (Å²) < 4.78 is 38.4. The highest BCUT2D eigenvalue weighted by atomic mass is 32.2. The van der Waals surface area contributed by atoms with Gasteiger partial charge < -0.3 is 9.80 Å². The van der Waals surface area contributed by atoms with Gasteiger partial charge in [-0.1, -0.05) is 11.8 Å². The molecule has 1 fully saturated rings. The number of aromatic nitrogens is 3. The Labute approximate surface area is 146 Å². The lowest BCUT2D eigenvalue weighted by Gasteiger charge is -2.35. The standard InChI is InChI=1S/C15H14F3N5OS/c1-25-14-20-5-3-12(21-14)22-6-7-23(13(24)9-22)10-2-4-19-11(8-10)15(16,17)18/h2-5,8H,6-7,9H2,1H3. The van der Waals surface area contributed by atoms with Crippen LogP contribution in [0.1, 0.15) is 5.69 Å². The zero-order valence-corrected chi connectivity index (χ0v) is 14.0. The van der Waals surface area contributed by atoms with Crippen molar-refractivity contribution in [2.24, 2.45) is 0 Å². The first-order valence-corrected chi connectivity index (χ1v) is 8.56. The molecule has 1 amide bonds. The fraction of sp³-hybridized carbons (Fsp3) is 0.333. The van der Waals surface area contributed by atoms with E-state index in [1.165, 1.54) is 22.7 Å². The number of piperazine rings is 1. The Morgan fingerprint density at radius 3 is 2.60 bits per heavy atom. The monoisotopic (exact) mass is 369 g/mol. The molecule has 3 heterocycles. The number of alkyl halides is 3. The third-order valence-corrected chi connectivity index (χ3v) is 4.25. The Morgan fingerprint density at radius 2 is 1.92 bits per heavy atom. The number of carbonyl (C=O) groups is 1. The molecule has 1 saturated heterocycles. The first-order chi connectivity index (χ1) is 11.9. The SMILES string of the molecule is CSc1nccc(N2CCN(c3ccnc(C(F)(F)F)c3)C(=O)C2)n1. The summed E-state index contributed by atoms with van der Waals surface area (Å²) in [5.74, 6) is 0.327. The van der Waals surface area contributed by atoms with Crippen molar-refractivity contribution in [1.29, 1.82) is 0 Å². The van der Waals surface area contributed by atoms with E-state index in [-0.39, 0.29) is 24.7 Å². The minimum absolute atomic E-state index is 0.0362. The quantitative estimate of drug-likeness (QED) is 0.612. The minimum atomic E-state index is -4.55. The molecule has 0 radical (unpaired) electrons. The Bertz CT molecular complexity index is 786. The molecule has 10 heteroatoms. The molecule has 0 unspecified atom stereocenters. The van der Waals surface area contributed by atoms with Crippen LogP contribution in [0.4, 0.5) is 24.7 Å². The van der Waals surface area contributed by atoms with Gasteiger partial charge >= 0.3 is 6.18 Å². The van der Waals surface area contributed by atoms with Crippen LogP contribution in [0.2, 0.25) is 0 Å². The zero-order valence-electron chi connectivity index (χ0n) is 13.2. The van der Waals surface area contributed by atoms with Crippen molar-refractivity contribution in [3.63, 3.8) is 0 Å². The first kappa shape index (κ1) is 17.5. The molecular weight excluding hydrogens is 355 g/mol. The lowest BCUT2D eigenvalue weighted by Crippen LogP contribution is -2.51. The highest BCUT2D eigenvalue weighted by Gasteiger charge is 2.34. The van der Waals surface area contributed by atoms with Gasteiger partial charge in [-0.05, 0) is 24.5 Å². The molecule has 0 N–H and O–H groups in total. The Balaban J connectivity index is 1.77. The van der Waals surface area contributed by atoms with Crippen molar-refractivity contribution in [1.82, 2.24) is 15.0 Å². The van der Waals surface area contributed by atoms with Crippen molar-refractivity contribution in [2.45, 2.75) is 11.3 Å². The Kier molecular flexibility index (Phi) is 4.80. The smallest absolute Gasteiger partial charge is 0.345 e. The van der Waals surface area contributed by atoms with Crippen LogP contribution in [0.5, 0.6) is 0 Å². The number of rotatable bonds is 3. The van der Waals surface area contributed by atoms with Crippen LogP contribution < -0.4 is 9.80 Å². The lowest BCUT2D eigenvalue weighted by atomic mass is 10.2. The third kappa shape index (κ3) is 3.84. The lowest BCUT2D eigenvalue weighted by molar-refractivity contribution is -0.141. The maximum atomic E-state index is 12.8. The summed E-state index contributed by atoms with van der Waals surface area (Å²) in [5.41, 5.74) is -0.819. The molecule has 1 aliphatic rings. The predicted octanol–water partition coefficient (Wildman–Crippen LogP) is 2.47. The van der Waals surface area contributed by atoms with Crippen molar-refractivity contribution >= 4 is 29.2 Å². The molecule has 132 valence electrons. The van der Waals surface area contributed by atoms with Gasteiger partial charge in [0, 0.05) is 31.2 Å². The van der Waals surface area contributed by atoms with E-state index in [4.69, 9.17) is 0 Å².